The first kappa shape index (κ1) is 13.7. The summed E-state index contributed by atoms with van der Waals surface area (Å²) in [5, 5.41) is 0. The molecule has 0 aromatic rings. The van der Waals surface area contributed by atoms with Crippen molar-refractivity contribution in [2.24, 2.45) is 0 Å². The number of carbonyl (C=O) groups is 2. The lowest BCUT2D eigenvalue weighted by molar-refractivity contribution is -0.184. The van der Waals surface area contributed by atoms with Gasteiger partial charge >= 0.3 is 12.1 Å². The quantitative estimate of drug-likeness (QED) is 0.702. The molecule has 0 radical (unpaired) electrons. The van der Waals surface area contributed by atoms with Gasteiger partial charge in [0.25, 0.3) is 0 Å². The Bertz CT molecular complexity index is 253. The maximum Gasteiger partial charge on any atom is 0.471 e. The molecule has 0 spiro atoms. The molecule has 4 nitrogen and oxygen atoms in total. The first-order valence-electron chi connectivity index (χ1n) is 4.20. The summed E-state index contributed by atoms with van der Waals surface area (Å²) in [5.74, 6) is -2.16. The second-order valence-corrected chi connectivity index (χ2v) is 3.17. The first-order valence-corrected chi connectivity index (χ1v) is 4.20. The second kappa shape index (κ2) is 4.99. The molecular weight excluding hydrogens is 213 g/mol. The molecule has 0 saturated carbocycles. The van der Waals surface area contributed by atoms with Crippen LogP contribution in [0.5, 0.6) is 0 Å². The minimum absolute atomic E-state index is 0.0770. The molecule has 15 heavy (non-hydrogen) atoms. The van der Waals surface area contributed by atoms with E-state index >= 15 is 0 Å². The maximum atomic E-state index is 11.9. The summed E-state index contributed by atoms with van der Waals surface area (Å²) in [6.07, 6.45) is -4.86. The number of alkyl halides is 3. The van der Waals surface area contributed by atoms with Crippen molar-refractivity contribution >= 4 is 11.8 Å². The summed E-state index contributed by atoms with van der Waals surface area (Å²) >= 11 is 0. The van der Waals surface area contributed by atoms with Gasteiger partial charge in [-0.15, -0.1) is 0 Å². The van der Waals surface area contributed by atoms with E-state index in [1.165, 1.54) is 18.9 Å². The van der Waals surface area contributed by atoms with E-state index in [0.717, 1.165) is 7.05 Å². The fraction of sp³-hybridized carbons (Fsp3) is 0.750. The van der Waals surface area contributed by atoms with Crippen molar-refractivity contribution < 1.29 is 22.8 Å². The fourth-order valence-corrected chi connectivity index (χ4v) is 0.775. The van der Waals surface area contributed by atoms with Crippen LogP contribution < -0.4 is 0 Å². The number of nitrogens with zero attached hydrogens (tertiary/aromatic N) is 2. The number of likely N-dealkylation sites (N-methyl/N-ethyl adjacent to an activating group) is 2. The van der Waals surface area contributed by atoms with Gasteiger partial charge in [-0.2, -0.15) is 13.2 Å². The second-order valence-electron chi connectivity index (χ2n) is 3.17. The Kier molecular flexibility index (Phi) is 4.57. The molecule has 0 aromatic carbocycles. The zero-order valence-electron chi connectivity index (χ0n) is 8.76. The number of rotatable bonds is 3. The third kappa shape index (κ3) is 4.66. The zero-order valence-corrected chi connectivity index (χ0v) is 8.76. The number of hydrogen-bond acceptors (Lipinski definition) is 2. The highest BCUT2D eigenvalue weighted by molar-refractivity contribution is 5.81. The van der Waals surface area contributed by atoms with Crippen LogP contribution in [0.15, 0.2) is 0 Å². The van der Waals surface area contributed by atoms with E-state index in [4.69, 9.17) is 0 Å². The molecule has 0 aliphatic rings. The lowest BCUT2D eigenvalue weighted by Crippen LogP contribution is -2.42. The third-order valence-corrected chi connectivity index (χ3v) is 1.90. The zero-order chi connectivity index (χ0) is 12.2. The normalized spacial score (nSPS) is 11.1. The average molecular weight is 226 g/mol. The van der Waals surface area contributed by atoms with Gasteiger partial charge in [-0.3, -0.25) is 9.59 Å². The van der Waals surface area contributed by atoms with E-state index in [1.807, 2.05) is 0 Å². The van der Waals surface area contributed by atoms with Gasteiger partial charge in [0.2, 0.25) is 5.91 Å². The summed E-state index contributed by atoms with van der Waals surface area (Å²) in [6.45, 7) is 1.23. The van der Waals surface area contributed by atoms with Crippen LogP contribution in [0, 0.1) is 0 Å². The van der Waals surface area contributed by atoms with E-state index in [2.05, 4.69) is 0 Å². The minimum Gasteiger partial charge on any atom is -0.344 e. The Hall–Kier alpha value is -1.27. The summed E-state index contributed by atoms with van der Waals surface area (Å²) in [6, 6.07) is 0. The number of amides is 2. The van der Waals surface area contributed by atoms with Crippen molar-refractivity contribution in [1.82, 2.24) is 9.80 Å². The molecule has 0 saturated heterocycles. The van der Waals surface area contributed by atoms with Crippen LogP contribution >= 0.6 is 0 Å². The highest BCUT2D eigenvalue weighted by atomic mass is 19.4. The maximum absolute atomic E-state index is 11.9. The van der Waals surface area contributed by atoms with Crippen LogP contribution in [0.3, 0.4) is 0 Å². The standard InChI is InChI=1S/C8H13F3N2O2/c1-6(14)12(2)4-5-13(3)7(15)8(9,10)11/h4-5H2,1-3H3. The van der Waals surface area contributed by atoms with E-state index in [0.29, 0.717) is 4.90 Å². The Morgan fingerprint density at radius 3 is 1.80 bits per heavy atom. The van der Waals surface area contributed by atoms with Crippen molar-refractivity contribution in [3.05, 3.63) is 0 Å². The van der Waals surface area contributed by atoms with Gasteiger partial charge in [0.05, 0.1) is 0 Å². The van der Waals surface area contributed by atoms with E-state index < -0.39 is 12.1 Å². The van der Waals surface area contributed by atoms with E-state index in [1.54, 1.807) is 0 Å². The average Bonchev–Trinajstić information content (AvgIpc) is 2.10. The van der Waals surface area contributed by atoms with Gasteiger partial charge < -0.3 is 9.80 Å². The highest BCUT2D eigenvalue weighted by Crippen LogP contribution is 2.17. The van der Waals surface area contributed by atoms with Gasteiger partial charge in [-0.25, -0.2) is 0 Å². The van der Waals surface area contributed by atoms with Gasteiger partial charge in [0, 0.05) is 34.1 Å². The van der Waals surface area contributed by atoms with E-state index in [9.17, 15) is 22.8 Å². The molecule has 0 atom stereocenters. The minimum atomic E-state index is -4.86. The third-order valence-electron chi connectivity index (χ3n) is 1.90. The number of halogens is 3. The molecule has 88 valence electrons. The molecule has 0 aromatic heterocycles. The van der Waals surface area contributed by atoms with Crippen molar-refractivity contribution in [1.29, 1.82) is 0 Å². The molecule has 0 aliphatic carbocycles. The van der Waals surface area contributed by atoms with Crippen molar-refractivity contribution in [2.45, 2.75) is 13.1 Å². The van der Waals surface area contributed by atoms with Gasteiger partial charge in [0.1, 0.15) is 0 Å². The van der Waals surface area contributed by atoms with Gasteiger partial charge in [-0.05, 0) is 0 Å². The van der Waals surface area contributed by atoms with E-state index in [-0.39, 0.29) is 19.0 Å². The van der Waals surface area contributed by atoms with Gasteiger partial charge in [-0.1, -0.05) is 0 Å². The van der Waals surface area contributed by atoms with Crippen LogP contribution in [0.4, 0.5) is 13.2 Å². The number of carbonyl (C=O) groups excluding carboxylic acids is 2. The fourth-order valence-electron chi connectivity index (χ4n) is 0.775. The Morgan fingerprint density at radius 1 is 1.07 bits per heavy atom. The Morgan fingerprint density at radius 2 is 1.47 bits per heavy atom. The predicted octanol–water partition coefficient (Wildman–Crippen LogP) is 0.485. The van der Waals surface area contributed by atoms with Crippen molar-refractivity contribution in [3.63, 3.8) is 0 Å². The molecule has 0 bridgehead atoms. The molecule has 0 rings (SSSR count). The largest absolute Gasteiger partial charge is 0.471 e. The lowest BCUT2D eigenvalue weighted by atomic mass is 10.4. The smallest absolute Gasteiger partial charge is 0.344 e. The topological polar surface area (TPSA) is 40.6 Å². The molecule has 0 fully saturated rings. The SMILES string of the molecule is CC(=O)N(C)CCN(C)C(=O)C(F)(F)F. The highest BCUT2D eigenvalue weighted by Gasteiger charge is 2.41. The molecule has 0 heterocycles. The first-order chi connectivity index (χ1) is 6.66. The molecule has 0 aliphatic heterocycles. The molecule has 0 unspecified atom stereocenters. The predicted molar refractivity (Wildman–Crippen MR) is 47.0 cm³/mol. The van der Waals surface area contributed by atoms with Crippen molar-refractivity contribution in [2.75, 3.05) is 27.2 Å². The summed E-state index contributed by atoms with van der Waals surface area (Å²) in [4.78, 5) is 23.1. The summed E-state index contributed by atoms with van der Waals surface area (Å²) in [7, 11) is 2.50. The lowest BCUT2D eigenvalue weighted by Gasteiger charge is -2.22. The Balaban J connectivity index is 4.10. The molecule has 0 N–H and O–H groups in total. The monoisotopic (exact) mass is 226 g/mol. The molecule has 2 amide bonds. The van der Waals surface area contributed by atoms with Crippen LogP contribution in [0.2, 0.25) is 0 Å². The van der Waals surface area contributed by atoms with Crippen molar-refractivity contribution in [3.8, 4) is 0 Å². The van der Waals surface area contributed by atoms with Crippen LogP contribution in [0.25, 0.3) is 0 Å². The van der Waals surface area contributed by atoms with Crippen LogP contribution in [-0.2, 0) is 9.59 Å². The number of hydrogen-bond donors (Lipinski definition) is 0. The summed E-state index contributed by atoms with van der Waals surface area (Å²) in [5.41, 5.74) is 0. The molecular formula is C8H13F3N2O2. The van der Waals surface area contributed by atoms with Crippen LogP contribution in [0.1, 0.15) is 6.92 Å². The van der Waals surface area contributed by atoms with Gasteiger partial charge in [0.15, 0.2) is 0 Å². The summed E-state index contributed by atoms with van der Waals surface area (Å²) < 4.78 is 35.7. The van der Waals surface area contributed by atoms with Crippen LogP contribution in [-0.4, -0.2) is 55.0 Å². The molecule has 7 heteroatoms. The Labute approximate surface area is 85.6 Å².